The molecule has 3 rings (SSSR count). The van der Waals surface area contributed by atoms with Gasteiger partial charge < -0.3 is 20.0 Å². The van der Waals surface area contributed by atoms with Crippen LogP contribution in [0.25, 0.3) is 10.8 Å². The molecule has 2 aromatic carbocycles. The summed E-state index contributed by atoms with van der Waals surface area (Å²) >= 11 is 1.37. The summed E-state index contributed by atoms with van der Waals surface area (Å²) in [4.78, 5) is 14.7. The minimum Gasteiger partial charge on any atom is -0.550 e. The Balaban J connectivity index is 1.48. The second kappa shape index (κ2) is 7.11. The first-order valence-corrected chi connectivity index (χ1v) is 8.08. The van der Waals surface area contributed by atoms with Gasteiger partial charge in [-0.05, 0) is 22.9 Å². The van der Waals surface area contributed by atoms with E-state index in [9.17, 15) is 9.90 Å². The summed E-state index contributed by atoms with van der Waals surface area (Å²) in [5, 5.41) is 18.3. The third-order valence-electron chi connectivity index (χ3n) is 3.25. The average molecular weight is 327 g/mol. The number of aliphatic carboxylic acids is 1. The predicted octanol–water partition coefficient (Wildman–Crippen LogP) is 2.08. The molecule has 5 nitrogen and oxygen atoms in total. The predicted molar refractivity (Wildman–Crippen MR) is 88.8 cm³/mol. The van der Waals surface area contributed by atoms with Gasteiger partial charge >= 0.3 is 0 Å². The van der Waals surface area contributed by atoms with Gasteiger partial charge in [0.2, 0.25) is 0 Å². The molecule has 0 amide bonds. The van der Waals surface area contributed by atoms with Crippen molar-refractivity contribution in [3.8, 4) is 5.75 Å². The maximum Gasteiger partial charge on any atom is 0.182 e. The van der Waals surface area contributed by atoms with Crippen LogP contribution in [0.2, 0.25) is 0 Å². The van der Waals surface area contributed by atoms with Gasteiger partial charge in [-0.15, -0.1) is 11.3 Å². The van der Waals surface area contributed by atoms with Gasteiger partial charge in [-0.3, -0.25) is 0 Å². The standard InChI is InChI=1S/C17H16N2O3S/c20-16(21)10-14-11-23-17(19-14)18-7-8-22-15-6-5-12-3-1-2-4-13(12)9-15/h1-6,9,11H,7-8,10H2,(H,18,19)(H,20,21)/p-1. The second-order valence-electron chi connectivity index (χ2n) is 4.98. The Kier molecular flexibility index (Phi) is 4.73. The number of carboxylic acids is 1. The van der Waals surface area contributed by atoms with Crippen molar-refractivity contribution in [2.24, 2.45) is 0 Å². The van der Waals surface area contributed by atoms with E-state index in [0.717, 1.165) is 11.1 Å². The fourth-order valence-corrected chi connectivity index (χ4v) is 2.94. The van der Waals surface area contributed by atoms with Gasteiger partial charge in [-0.25, -0.2) is 4.98 Å². The summed E-state index contributed by atoms with van der Waals surface area (Å²) in [5.74, 6) is -0.302. The van der Waals surface area contributed by atoms with Gasteiger partial charge in [0, 0.05) is 17.8 Å². The van der Waals surface area contributed by atoms with Crippen molar-refractivity contribution < 1.29 is 14.6 Å². The van der Waals surface area contributed by atoms with E-state index in [1.807, 2.05) is 30.3 Å². The van der Waals surface area contributed by atoms with Crippen LogP contribution in [-0.4, -0.2) is 24.1 Å². The van der Waals surface area contributed by atoms with Gasteiger partial charge in [0.25, 0.3) is 0 Å². The highest BCUT2D eigenvalue weighted by atomic mass is 32.1. The summed E-state index contributed by atoms with van der Waals surface area (Å²) in [7, 11) is 0. The minimum atomic E-state index is -1.12. The van der Waals surface area contributed by atoms with E-state index < -0.39 is 5.97 Å². The van der Waals surface area contributed by atoms with E-state index in [0.29, 0.717) is 24.0 Å². The normalized spacial score (nSPS) is 10.6. The van der Waals surface area contributed by atoms with E-state index in [-0.39, 0.29) is 6.42 Å². The quantitative estimate of drug-likeness (QED) is 0.673. The SMILES string of the molecule is O=C([O-])Cc1csc(NCCOc2ccc3ccccc3c2)n1. The lowest BCUT2D eigenvalue weighted by atomic mass is 10.1. The molecule has 3 aromatic rings. The van der Waals surface area contributed by atoms with Crippen molar-refractivity contribution in [3.05, 3.63) is 53.5 Å². The van der Waals surface area contributed by atoms with E-state index in [1.54, 1.807) is 5.38 Å². The lowest BCUT2D eigenvalue weighted by molar-refractivity contribution is -0.304. The molecule has 0 spiro atoms. The van der Waals surface area contributed by atoms with E-state index >= 15 is 0 Å². The molecule has 1 N–H and O–H groups in total. The van der Waals surface area contributed by atoms with Crippen LogP contribution in [0.3, 0.4) is 0 Å². The Morgan fingerprint density at radius 2 is 2.04 bits per heavy atom. The number of carbonyl (C=O) groups is 1. The largest absolute Gasteiger partial charge is 0.550 e. The Hall–Kier alpha value is -2.60. The Morgan fingerprint density at radius 3 is 2.87 bits per heavy atom. The monoisotopic (exact) mass is 327 g/mol. The molecule has 0 aliphatic rings. The van der Waals surface area contributed by atoms with Gasteiger partial charge in [0.05, 0.1) is 12.2 Å². The van der Waals surface area contributed by atoms with E-state index in [4.69, 9.17) is 4.74 Å². The van der Waals surface area contributed by atoms with E-state index in [1.165, 1.54) is 16.7 Å². The summed E-state index contributed by atoms with van der Waals surface area (Å²) in [5.41, 5.74) is 0.507. The molecule has 0 saturated heterocycles. The van der Waals surface area contributed by atoms with Crippen LogP contribution in [-0.2, 0) is 11.2 Å². The first-order chi connectivity index (χ1) is 11.2. The van der Waals surface area contributed by atoms with Gasteiger partial charge in [-0.2, -0.15) is 0 Å². The molecule has 0 aliphatic heterocycles. The number of aromatic nitrogens is 1. The molecule has 23 heavy (non-hydrogen) atoms. The Bertz CT molecular complexity index is 816. The number of nitrogens with one attached hydrogen (secondary N) is 1. The Morgan fingerprint density at radius 1 is 1.22 bits per heavy atom. The molecule has 0 unspecified atom stereocenters. The highest BCUT2D eigenvalue weighted by Crippen LogP contribution is 2.20. The number of nitrogens with zero attached hydrogens (tertiary/aromatic N) is 1. The fourth-order valence-electron chi connectivity index (χ4n) is 2.20. The third-order valence-corrected chi connectivity index (χ3v) is 4.09. The maximum absolute atomic E-state index is 10.5. The number of ether oxygens (including phenoxy) is 1. The zero-order chi connectivity index (χ0) is 16.1. The van der Waals surface area contributed by atoms with Crippen molar-refractivity contribution >= 4 is 33.2 Å². The van der Waals surface area contributed by atoms with Crippen LogP contribution in [0.15, 0.2) is 47.8 Å². The van der Waals surface area contributed by atoms with Gasteiger partial charge in [0.15, 0.2) is 5.13 Å². The van der Waals surface area contributed by atoms with Crippen LogP contribution < -0.4 is 15.2 Å². The van der Waals surface area contributed by atoms with Crippen molar-refractivity contribution in [1.29, 1.82) is 0 Å². The zero-order valence-electron chi connectivity index (χ0n) is 12.3. The van der Waals surface area contributed by atoms with Gasteiger partial charge in [-0.1, -0.05) is 30.3 Å². The van der Waals surface area contributed by atoms with Gasteiger partial charge in [0.1, 0.15) is 12.4 Å². The number of thiazole rings is 1. The summed E-state index contributed by atoms with van der Waals surface area (Å²) in [6, 6.07) is 14.1. The fraction of sp³-hybridized carbons (Fsp3) is 0.176. The number of anilines is 1. The third kappa shape index (κ3) is 4.20. The van der Waals surface area contributed by atoms with Crippen molar-refractivity contribution in [2.75, 3.05) is 18.5 Å². The lowest BCUT2D eigenvalue weighted by Crippen LogP contribution is -2.24. The molecule has 0 atom stereocenters. The number of hydrogen-bond acceptors (Lipinski definition) is 6. The van der Waals surface area contributed by atoms with Crippen LogP contribution in [0, 0.1) is 0 Å². The number of benzene rings is 2. The molecule has 0 radical (unpaired) electrons. The van der Waals surface area contributed by atoms with Crippen LogP contribution in [0.5, 0.6) is 5.75 Å². The van der Waals surface area contributed by atoms with Crippen molar-refractivity contribution in [2.45, 2.75) is 6.42 Å². The van der Waals surface area contributed by atoms with Crippen LogP contribution >= 0.6 is 11.3 Å². The first kappa shape index (κ1) is 15.3. The summed E-state index contributed by atoms with van der Waals surface area (Å²) in [6.07, 6.45) is -0.161. The molecule has 0 fully saturated rings. The molecular formula is C17H15N2O3S-. The number of hydrogen-bond donors (Lipinski definition) is 1. The van der Waals surface area contributed by atoms with Crippen LogP contribution in [0.1, 0.15) is 5.69 Å². The number of fused-ring (bicyclic) bond motifs is 1. The summed E-state index contributed by atoms with van der Waals surface area (Å²) < 4.78 is 5.72. The molecule has 0 aliphatic carbocycles. The van der Waals surface area contributed by atoms with E-state index in [2.05, 4.69) is 22.4 Å². The number of rotatable bonds is 7. The highest BCUT2D eigenvalue weighted by Gasteiger charge is 2.02. The number of carbonyl (C=O) groups excluding carboxylic acids is 1. The molecule has 0 bridgehead atoms. The second-order valence-corrected chi connectivity index (χ2v) is 5.84. The molecule has 0 saturated carbocycles. The maximum atomic E-state index is 10.5. The van der Waals surface area contributed by atoms with Crippen molar-refractivity contribution in [1.82, 2.24) is 4.98 Å². The lowest BCUT2D eigenvalue weighted by Gasteiger charge is -2.08. The first-order valence-electron chi connectivity index (χ1n) is 7.20. The molecule has 6 heteroatoms. The summed E-state index contributed by atoms with van der Waals surface area (Å²) in [6.45, 7) is 1.08. The average Bonchev–Trinajstić information content (AvgIpc) is 2.98. The van der Waals surface area contributed by atoms with Crippen LogP contribution in [0.4, 0.5) is 5.13 Å². The zero-order valence-corrected chi connectivity index (χ0v) is 13.1. The molecule has 1 heterocycles. The van der Waals surface area contributed by atoms with Crippen molar-refractivity contribution in [3.63, 3.8) is 0 Å². The molecule has 118 valence electrons. The Labute approximate surface area is 137 Å². The highest BCUT2D eigenvalue weighted by molar-refractivity contribution is 7.13. The topological polar surface area (TPSA) is 74.3 Å². The smallest absolute Gasteiger partial charge is 0.182 e. The minimum absolute atomic E-state index is 0.161. The number of carboxylic acid groups (broad SMARTS) is 1. The molecular weight excluding hydrogens is 312 g/mol. The molecule has 1 aromatic heterocycles.